The third kappa shape index (κ3) is 2.97. The van der Waals surface area contributed by atoms with Crippen molar-refractivity contribution in [2.75, 3.05) is 18.9 Å². The van der Waals surface area contributed by atoms with Crippen LogP contribution in [0.5, 0.6) is 0 Å². The second-order valence-corrected chi connectivity index (χ2v) is 4.43. The SMILES string of the molecule is CC1(CCCc2ccc(N)cc2)OCCO1. The monoisotopic (exact) mass is 221 g/mol. The van der Waals surface area contributed by atoms with Crippen LogP contribution < -0.4 is 5.73 Å². The molecule has 0 radical (unpaired) electrons. The minimum absolute atomic E-state index is 0.353. The van der Waals surface area contributed by atoms with E-state index in [2.05, 4.69) is 12.1 Å². The van der Waals surface area contributed by atoms with Crippen LogP contribution in [0.4, 0.5) is 5.69 Å². The van der Waals surface area contributed by atoms with E-state index in [0.717, 1.165) is 38.2 Å². The molecular formula is C13H19NO2. The minimum Gasteiger partial charge on any atom is -0.399 e. The van der Waals surface area contributed by atoms with E-state index in [0.29, 0.717) is 0 Å². The summed E-state index contributed by atoms with van der Waals surface area (Å²) < 4.78 is 11.1. The maximum absolute atomic E-state index is 5.64. The van der Waals surface area contributed by atoms with Crippen molar-refractivity contribution >= 4 is 5.69 Å². The first-order valence-electron chi connectivity index (χ1n) is 5.80. The Labute approximate surface area is 96.5 Å². The van der Waals surface area contributed by atoms with Gasteiger partial charge in [0.15, 0.2) is 5.79 Å². The number of ether oxygens (including phenoxy) is 2. The van der Waals surface area contributed by atoms with Gasteiger partial charge in [0, 0.05) is 12.1 Å². The van der Waals surface area contributed by atoms with Gasteiger partial charge in [0.1, 0.15) is 0 Å². The summed E-state index contributed by atoms with van der Waals surface area (Å²) in [6.45, 7) is 3.46. The fourth-order valence-corrected chi connectivity index (χ4v) is 2.00. The number of hydrogen-bond acceptors (Lipinski definition) is 3. The van der Waals surface area contributed by atoms with Gasteiger partial charge in [-0.3, -0.25) is 0 Å². The van der Waals surface area contributed by atoms with Crippen molar-refractivity contribution < 1.29 is 9.47 Å². The summed E-state index contributed by atoms with van der Waals surface area (Å²) in [6, 6.07) is 8.04. The number of anilines is 1. The van der Waals surface area contributed by atoms with Crippen molar-refractivity contribution in [1.82, 2.24) is 0 Å². The van der Waals surface area contributed by atoms with Gasteiger partial charge in [-0.1, -0.05) is 12.1 Å². The highest BCUT2D eigenvalue weighted by atomic mass is 16.7. The average molecular weight is 221 g/mol. The van der Waals surface area contributed by atoms with E-state index in [9.17, 15) is 0 Å². The van der Waals surface area contributed by atoms with Gasteiger partial charge in [0.2, 0.25) is 0 Å². The van der Waals surface area contributed by atoms with Crippen molar-refractivity contribution in [2.24, 2.45) is 0 Å². The molecule has 3 heteroatoms. The Hall–Kier alpha value is -1.06. The Bertz CT molecular complexity index is 328. The highest BCUT2D eigenvalue weighted by molar-refractivity contribution is 5.39. The van der Waals surface area contributed by atoms with E-state index in [-0.39, 0.29) is 5.79 Å². The Morgan fingerprint density at radius 1 is 1.19 bits per heavy atom. The van der Waals surface area contributed by atoms with Crippen LogP contribution in [-0.2, 0) is 15.9 Å². The third-order valence-corrected chi connectivity index (χ3v) is 2.97. The molecule has 0 bridgehead atoms. The Kier molecular flexibility index (Phi) is 3.46. The molecule has 1 aliphatic rings. The molecule has 0 atom stereocenters. The molecule has 1 saturated heterocycles. The molecule has 3 nitrogen and oxygen atoms in total. The Morgan fingerprint density at radius 3 is 2.44 bits per heavy atom. The number of nitrogen functional groups attached to an aromatic ring is 1. The Morgan fingerprint density at radius 2 is 1.81 bits per heavy atom. The molecule has 16 heavy (non-hydrogen) atoms. The van der Waals surface area contributed by atoms with Crippen molar-refractivity contribution in [2.45, 2.75) is 32.0 Å². The highest BCUT2D eigenvalue weighted by Gasteiger charge is 2.29. The third-order valence-electron chi connectivity index (χ3n) is 2.97. The van der Waals surface area contributed by atoms with Crippen molar-refractivity contribution in [3.8, 4) is 0 Å². The Balaban J connectivity index is 1.77. The molecule has 0 aromatic heterocycles. The lowest BCUT2D eigenvalue weighted by Gasteiger charge is -2.21. The average Bonchev–Trinajstić information content (AvgIpc) is 2.69. The number of nitrogens with two attached hydrogens (primary N) is 1. The van der Waals surface area contributed by atoms with Crippen LogP contribution in [0.1, 0.15) is 25.3 Å². The van der Waals surface area contributed by atoms with Crippen LogP contribution in [-0.4, -0.2) is 19.0 Å². The fraction of sp³-hybridized carbons (Fsp3) is 0.538. The molecule has 0 spiro atoms. The standard InChI is InChI=1S/C13H19NO2/c1-13(15-9-10-16-13)8-2-3-11-4-6-12(14)7-5-11/h4-7H,2-3,8-10,14H2,1H3. The van der Waals surface area contributed by atoms with Crippen LogP contribution in [0, 0.1) is 0 Å². The maximum Gasteiger partial charge on any atom is 0.165 e. The van der Waals surface area contributed by atoms with E-state index >= 15 is 0 Å². The lowest BCUT2D eigenvalue weighted by atomic mass is 10.0. The number of hydrogen-bond donors (Lipinski definition) is 1. The zero-order chi connectivity index (χ0) is 11.4. The van der Waals surface area contributed by atoms with Crippen molar-refractivity contribution in [3.63, 3.8) is 0 Å². The summed E-state index contributed by atoms with van der Waals surface area (Å²) in [4.78, 5) is 0. The van der Waals surface area contributed by atoms with E-state index in [4.69, 9.17) is 15.2 Å². The van der Waals surface area contributed by atoms with Gasteiger partial charge in [-0.25, -0.2) is 0 Å². The van der Waals surface area contributed by atoms with Gasteiger partial charge in [0.05, 0.1) is 13.2 Å². The summed E-state index contributed by atoms with van der Waals surface area (Å²) in [6.07, 6.45) is 3.06. The normalized spacial score (nSPS) is 18.8. The predicted octanol–water partition coefficient (Wildman–Crippen LogP) is 2.35. The second-order valence-electron chi connectivity index (χ2n) is 4.43. The summed E-state index contributed by atoms with van der Waals surface area (Å²) in [5.74, 6) is -0.353. The van der Waals surface area contributed by atoms with Gasteiger partial charge >= 0.3 is 0 Å². The first-order valence-corrected chi connectivity index (χ1v) is 5.80. The summed E-state index contributed by atoms with van der Waals surface area (Å²) in [5.41, 5.74) is 7.77. The summed E-state index contributed by atoms with van der Waals surface area (Å²) >= 11 is 0. The van der Waals surface area contributed by atoms with Crippen LogP contribution in [0.2, 0.25) is 0 Å². The first-order chi connectivity index (χ1) is 7.68. The fourth-order valence-electron chi connectivity index (χ4n) is 2.00. The van der Waals surface area contributed by atoms with E-state index in [1.807, 2.05) is 19.1 Å². The maximum atomic E-state index is 5.64. The molecule has 1 heterocycles. The molecule has 1 fully saturated rings. The van der Waals surface area contributed by atoms with Gasteiger partial charge in [-0.2, -0.15) is 0 Å². The number of benzene rings is 1. The molecule has 1 aromatic carbocycles. The second kappa shape index (κ2) is 4.85. The quantitative estimate of drug-likeness (QED) is 0.794. The van der Waals surface area contributed by atoms with Crippen LogP contribution >= 0.6 is 0 Å². The smallest absolute Gasteiger partial charge is 0.165 e. The largest absolute Gasteiger partial charge is 0.399 e. The number of aryl methyl sites for hydroxylation is 1. The van der Waals surface area contributed by atoms with Crippen LogP contribution in [0.3, 0.4) is 0 Å². The first kappa shape index (κ1) is 11.4. The van der Waals surface area contributed by atoms with Gasteiger partial charge in [-0.15, -0.1) is 0 Å². The van der Waals surface area contributed by atoms with Gasteiger partial charge in [-0.05, 0) is 37.5 Å². The molecular weight excluding hydrogens is 202 g/mol. The summed E-state index contributed by atoms with van der Waals surface area (Å²) in [5, 5.41) is 0. The molecule has 1 aliphatic heterocycles. The summed E-state index contributed by atoms with van der Waals surface area (Å²) in [7, 11) is 0. The topological polar surface area (TPSA) is 44.5 Å². The molecule has 0 unspecified atom stereocenters. The molecule has 0 aliphatic carbocycles. The zero-order valence-corrected chi connectivity index (χ0v) is 9.74. The predicted molar refractivity (Wildman–Crippen MR) is 64.1 cm³/mol. The van der Waals surface area contributed by atoms with E-state index < -0.39 is 0 Å². The van der Waals surface area contributed by atoms with Crippen molar-refractivity contribution in [3.05, 3.63) is 29.8 Å². The molecule has 1 aromatic rings. The number of rotatable bonds is 4. The van der Waals surface area contributed by atoms with E-state index in [1.165, 1.54) is 5.56 Å². The molecule has 2 rings (SSSR count). The highest BCUT2D eigenvalue weighted by Crippen LogP contribution is 2.24. The van der Waals surface area contributed by atoms with Gasteiger partial charge in [0.25, 0.3) is 0 Å². The minimum atomic E-state index is -0.353. The van der Waals surface area contributed by atoms with E-state index in [1.54, 1.807) is 0 Å². The van der Waals surface area contributed by atoms with Gasteiger partial charge < -0.3 is 15.2 Å². The molecule has 0 amide bonds. The molecule has 88 valence electrons. The lowest BCUT2D eigenvalue weighted by molar-refractivity contribution is -0.147. The van der Waals surface area contributed by atoms with Crippen molar-refractivity contribution in [1.29, 1.82) is 0 Å². The zero-order valence-electron chi connectivity index (χ0n) is 9.74. The lowest BCUT2D eigenvalue weighted by Crippen LogP contribution is -2.25. The molecule has 0 saturated carbocycles. The molecule has 2 N–H and O–H groups in total. The van der Waals surface area contributed by atoms with Crippen LogP contribution in [0.15, 0.2) is 24.3 Å². The van der Waals surface area contributed by atoms with Crippen LogP contribution in [0.25, 0.3) is 0 Å².